The van der Waals surface area contributed by atoms with E-state index in [1.807, 2.05) is 18.2 Å². The van der Waals surface area contributed by atoms with Gasteiger partial charge in [-0.05, 0) is 40.2 Å². The van der Waals surface area contributed by atoms with Crippen molar-refractivity contribution in [3.63, 3.8) is 0 Å². The summed E-state index contributed by atoms with van der Waals surface area (Å²) in [6.45, 7) is 4.33. The third-order valence-electron chi connectivity index (χ3n) is 4.49. The Labute approximate surface area is 122 Å². The van der Waals surface area contributed by atoms with Gasteiger partial charge in [0.1, 0.15) is 0 Å². The van der Waals surface area contributed by atoms with E-state index in [-0.39, 0.29) is 5.41 Å². The molecule has 0 amide bonds. The van der Waals surface area contributed by atoms with Gasteiger partial charge in [-0.1, -0.05) is 44.2 Å². The van der Waals surface area contributed by atoms with Crippen LogP contribution in [-0.2, 0) is 16.6 Å². The summed E-state index contributed by atoms with van der Waals surface area (Å²) in [4.78, 5) is 23.8. The van der Waals surface area contributed by atoms with Gasteiger partial charge in [0, 0.05) is 0 Å². The predicted octanol–water partition coefficient (Wildman–Crippen LogP) is 3.50. The number of benzene rings is 2. The molecular formula is C18H14O3. The molecule has 2 aliphatic rings. The molecule has 4 rings (SSSR count). The van der Waals surface area contributed by atoms with E-state index in [4.69, 9.17) is 4.74 Å². The molecule has 21 heavy (non-hydrogen) atoms. The molecule has 104 valence electrons. The first-order valence-electron chi connectivity index (χ1n) is 7.01. The van der Waals surface area contributed by atoms with Gasteiger partial charge in [0.05, 0.1) is 11.1 Å². The molecule has 0 bridgehead atoms. The lowest BCUT2D eigenvalue weighted by molar-refractivity contribution is 0.0443. The van der Waals surface area contributed by atoms with Crippen LogP contribution in [-0.4, -0.2) is 11.9 Å². The number of ether oxygens (including phenoxy) is 1. The van der Waals surface area contributed by atoms with Gasteiger partial charge in [-0.25, -0.2) is 9.59 Å². The van der Waals surface area contributed by atoms with Gasteiger partial charge in [-0.15, -0.1) is 0 Å². The molecule has 0 atom stereocenters. The lowest BCUT2D eigenvalue weighted by Gasteiger charge is -2.34. The summed E-state index contributed by atoms with van der Waals surface area (Å²) in [7, 11) is 0. The van der Waals surface area contributed by atoms with Crippen LogP contribution < -0.4 is 0 Å². The lowest BCUT2D eigenvalue weighted by atomic mass is 9.69. The number of carbonyl (C=O) groups is 2. The largest absolute Gasteiger partial charge is 0.386 e. The summed E-state index contributed by atoms with van der Waals surface area (Å²) in [6.07, 6.45) is 0.727. The first-order valence-corrected chi connectivity index (χ1v) is 7.01. The van der Waals surface area contributed by atoms with E-state index < -0.39 is 11.9 Å². The van der Waals surface area contributed by atoms with E-state index >= 15 is 0 Å². The molecule has 1 aliphatic heterocycles. The fourth-order valence-electron chi connectivity index (χ4n) is 3.52. The summed E-state index contributed by atoms with van der Waals surface area (Å²) in [5.41, 5.74) is 5.16. The highest BCUT2D eigenvalue weighted by atomic mass is 16.6. The van der Waals surface area contributed by atoms with Crippen LogP contribution in [0.25, 0.3) is 11.1 Å². The third kappa shape index (κ3) is 1.54. The summed E-state index contributed by atoms with van der Waals surface area (Å²) >= 11 is 0. The molecular weight excluding hydrogens is 264 g/mol. The molecule has 0 saturated heterocycles. The van der Waals surface area contributed by atoms with Crippen molar-refractivity contribution in [2.75, 3.05) is 0 Å². The van der Waals surface area contributed by atoms with Crippen LogP contribution in [0.5, 0.6) is 0 Å². The maximum Gasteiger partial charge on any atom is 0.347 e. The molecule has 3 nitrogen and oxygen atoms in total. The van der Waals surface area contributed by atoms with Gasteiger partial charge in [0.25, 0.3) is 0 Å². The highest BCUT2D eigenvalue weighted by molar-refractivity contribution is 6.16. The second-order valence-corrected chi connectivity index (χ2v) is 6.30. The van der Waals surface area contributed by atoms with E-state index in [0.29, 0.717) is 11.1 Å². The Morgan fingerprint density at radius 1 is 0.905 bits per heavy atom. The normalized spacial score (nSPS) is 17.8. The molecule has 0 unspecified atom stereocenters. The number of hydrogen-bond acceptors (Lipinski definition) is 3. The number of cyclic esters (lactones) is 2. The molecule has 2 aromatic carbocycles. The first kappa shape index (κ1) is 12.3. The Balaban J connectivity index is 2.08. The van der Waals surface area contributed by atoms with Gasteiger partial charge in [0.2, 0.25) is 0 Å². The fourth-order valence-corrected chi connectivity index (χ4v) is 3.52. The number of rotatable bonds is 0. The van der Waals surface area contributed by atoms with Crippen molar-refractivity contribution in [1.29, 1.82) is 0 Å². The van der Waals surface area contributed by atoms with Gasteiger partial charge in [0.15, 0.2) is 0 Å². The minimum atomic E-state index is -0.533. The minimum Gasteiger partial charge on any atom is -0.386 e. The van der Waals surface area contributed by atoms with Crippen LogP contribution in [0, 0.1) is 0 Å². The molecule has 0 spiro atoms. The predicted molar refractivity (Wildman–Crippen MR) is 78.4 cm³/mol. The number of esters is 2. The highest BCUT2D eigenvalue weighted by Crippen LogP contribution is 2.45. The van der Waals surface area contributed by atoms with Crippen LogP contribution in [0.4, 0.5) is 0 Å². The SMILES string of the molecule is CC1(C)Cc2c(ccc3c2C(=O)OC3=O)-c2ccccc21. The molecule has 0 N–H and O–H groups in total. The van der Waals surface area contributed by atoms with E-state index in [0.717, 1.165) is 23.1 Å². The van der Waals surface area contributed by atoms with Crippen LogP contribution in [0.1, 0.15) is 45.7 Å². The van der Waals surface area contributed by atoms with Gasteiger partial charge in [-0.3, -0.25) is 0 Å². The van der Waals surface area contributed by atoms with E-state index in [9.17, 15) is 9.59 Å². The number of fused-ring (bicyclic) bond motifs is 5. The van der Waals surface area contributed by atoms with Crippen molar-refractivity contribution in [3.05, 3.63) is 58.7 Å². The monoisotopic (exact) mass is 278 g/mol. The van der Waals surface area contributed by atoms with E-state index in [1.54, 1.807) is 6.07 Å². The summed E-state index contributed by atoms with van der Waals surface area (Å²) in [5, 5.41) is 0. The lowest BCUT2D eigenvalue weighted by Crippen LogP contribution is -2.27. The van der Waals surface area contributed by atoms with Crippen molar-refractivity contribution in [2.24, 2.45) is 0 Å². The van der Waals surface area contributed by atoms with E-state index in [1.165, 1.54) is 5.56 Å². The maximum absolute atomic E-state index is 12.0. The van der Waals surface area contributed by atoms with Crippen molar-refractivity contribution in [1.82, 2.24) is 0 Å². The van der Waals surface area contributed by atoms with Gasteiger partial charge in [-0.2, -0.15) is 0 Å². The first-order chi connectivity index (χ1) is 9.99. The van der Waals surface area contributed by atoms with Crippen LogP contribution in [0.2, 0.25) is 0 Å². The second kappa shape index (κ2) is 3.82. The Kier molecular flexibility index (Phi) is 2.24. The van der Waals surface area contributed by atoms with Crippen molar-refractivity contribution in [2.45, 2.75) is 25.7 Å². The quantitative estimate of drug-likeness (QED) is 0.547. The summed E-state index contributed by atoms with van der Waals surface area (Å²) < 4.78 is 4.78. The van der Waals surface area contributed by atoms with Crippen LogP contribution in [0.15, 0.2) is 36.4 Å². The van der Waals surface area contributed by atoms with Crippen molar-refractivity contribution >= 4 is 11.9 Å². The molecule has 1 heterocycles. The van der Waals surface area contributed by atoms with Crippen LogP contribution in [0.3, 0.4) is 0 Å². The number of carbonyl (C=O) groups excluding carboxylic acids is 2. The Bertz CT molecular complexity index is 815. The van der Waals surface area contributed by atoms with Gasteiger partial charge >= 0.3 is 11.9 Å². The summed E-state index contributed by atoms with van der Waals surface area (Å²) in [6, 6.07) is 11.9. The molecule has 0 radical (unpaired) electrons. The molecule has 0 aromatic heterocycles. The Hall–Kier alpha value is -2.42. The Morgan fingerprint density at radius 3 is 2.43 bits per heavy atom. The zero-order chi connectivity index (χ0) is 14.8. The average molecular weight is 278 g/mol. The Morgan fingerprint density at radius 2 is 1.62 bits per heavy atom. The highest BCUT2D eigenvalue weighted by Gasteiger charge is 2.39. The average Bonchev–Trinajstić information content (AvgIpc) is 2.74. The third-order valence-corrected chi connectivity index (χ3v) is 4.49. The van der Waals surface area contributed by atoms with E-state index in [2.05, 4.69) is 26.0 Å². The second-order valence-electron chi connectivity index (χ2n) is 6.30. The summed E-state index contributed by atoms with van der Waals surface area (Å²) in [5.74, 6) is -1.04. The molecule has 0 fully saturated rings. The topological polar surface area (TPSA) is 43.4 Å². The smallest absolute Gasteiger partial charge is 0.347 e. The standard InChI is InChI=1S/C18H14O3/c1-18(2)9-13-10(11-5-3-4-6-14(11)18)7-8-12-15(13)17(20)21-16(12)19/h3-8H,9H2,1-2H3. The molecule has 0 saturated carbocycles. The zero-order valence-electron chi connectivity index (χ0n) is 11.9. The fraction of sp³-hybridized carbons (Fsp3) is 0.222. The van der Waals surface area contributed by atoms with Gasteiger partial charge < -0.3 is 4.74 Å². The molecule has 2 aromatic rings. The zero-order valence-corrected chi connectivity index (χ0v) is 11.9. The van der Waals surface area contributed by atoms with Crippen molar-refractivity contribution in [3.8, 4) is 11.1 Å². The molecule has 3 heteroatoms. The number of hydrogen-bond donors (Lipinski definition) is 0. The maximum atomic E-state index is 12.0. The van der Waals surface area contributed by atoms with Crippen molar-refractivity contribution < 1.29 is 14.3 Å². The minimum absolute atomic E-state index is 0.0787. The molecule has 1 aliphatic carbocycles. The van der Waals surface area contributed by atoms with Crippen LogP contribution >= 0.6 is 0 Å².